The maximum absolute atomic E-state index is 9.06. The smallest absolute Gasteiger partial charge is 0.0991 e. The zero-order chi connectivity index (χ0) is 16.1. The van der Waals surface area contributed by atoms with E-state index < -0.39 is 0 Å². The maximum atomic E-state index is 9.06. The van der Waals surface area contributed by atoms with E-state index in [9.17, 15) is 0 Å². The molecule has 1 aromatic rings. The number of hydrogen-bond donors (Lipinski definition) is 0. The van der Waals surface area contributed by atoms with Crippen LogP contribution in [-0.2, 0) is 5.41 Å². The van der Waals surface area contributed by atoms with Gasteiger partial charge in [-0.25, -0.2) is 0 Å². The molecule has 1 atom stereocenters. The third-order valence-electron chi connectivity index (χ3n) is 6.64. The zero-order valence-corrected chi connectivity index (χ0v) is 14.7. The van der Waals surface area contributed by atoms with E-state index in [1.54, 1.807) is 0 Å². The average molecular weight is 309 g/mol. The number of hydrogen-bond acceptors (Lipinski definition) is 1. The van der Waals surface area contributed by atoms with E-state index in [1.165, 1.54) is 76.2 Å². The van der Waals surface area contributed by atoms with Gasteiger partial charge in [-0.3, -0.25) is 0 Å². The molecule has 0 radical (unpaired) electrons. The zero-order valence-electron chi connectivity index (χ0n) is 14.7. The van der Waals surface area contributed by atoms with Crippen molar-refractivity contribution >= 4 is 0 Å². The molecule has 1 heteroatoms. The van der Waals surface area contributed by atoms with Crippen molar-refractivity contribution in [2.45, 2.75) is 83.0 Å². The van der Waals surface area contributed by atoms with Crippen LogP contribution in [0, 0.1) is 23.2 Å². The molecule has 0 heterocycles. The summed E-state index contributed by atoms with van der Waals surface area (Å²) in [6.45, 7) is 2.29. The fourth-order valence-electron chi connectivity index (χ4n) is 5.25. The van der Waals surface area contributed by atoms with Crippen LogP contribution in [0.2, 0.25) is 0 Å². The van der Waals surface area contributed by atoms with Crippen LogP contribution >= 0.6 is 0 Å². The van der Waals surface area contributed by atoms with Gasteiger partial charge in [-0.05, 0) is 73.5 Å². The van der Waals surface area contributed by atoms with E-state index in [0.717, 1.165) is 17.4 Å². The molecule has 0 spiro atoms. The molecule has 4 rings (SSSR count). The van der Waals surface area contributed by atoms with Gasteiger partial charge in [0.25, 0.3) is 0 Å². The van der Waals surface area contributed by atoms with E-state index in [2.05, 4.69) is 25.1 Å². The topological polar surface area (TPSA) is 23.8 Å². The third kappa shape index (κ3) is 3.47. The first kappa shape index (κ1) is 16.6. The van der Waals surface area contributed by atoms with E-state index >= 15 is 0 Å². The molecule has 1 unspecified atom stereocenters. The second kappa shape index (κ2) is 7.52. The largest absolute Gasteiger partial charge is 0.192 e. The monoisotopic (exact) mass is 309 g/mol. The Morgan fingerprint density at radius 1 is 1.04 bits per heavy atom. The summed E-state index contributed by atoms with van der Waals surface area (Å²) in [6.07, 6.45) is 15.4. The molecule has 3 fully saturated rings. The van der Waals surface area contributed by atoms with Crippen molar-refractivity contribution in [2.75, 3.05) is 0 Å². The standard InChI is InChI=1S/C22H31N/c1-2-3-4-5-6-7-21-16-18-12-14-22(21,15-13-18)20-10-8-19(17-23)9-11-20/h8-11,18,21H,2-7,12-16H2,1H3. The predicted molar refractivity (Wildman–Crippen MR) is 96.3 cm³/mol. The van der Waals surface area contributed by atoms with Crippen LogP contribution in [0.5, 0.6) is 0 Å². The van der Waals surface area contributed by atoms with Crippen LogP contribution in [0.1, 0.15) is 88.7 Å². The minimum atomic E-state index is 0.424. The maximum Gasteiger partial charge on any atom is 0.0991 e. The molecule has 124 valence electrons. The Kier molecular flexibility index (Phi) is 5.42. The van der Waals surface area contributed by atoms with Gasteiger partial charge in [-0.15, -0.1) is 0 Å². The molecule has 3 aliphatic rings. The lowest BCUT2D eigenvalue weighted by molar-refractivity contribution is 0.0539. The lowest BCUT2D eigenvalue weighted by Gasteiger charge is -2.53. The highest BCUT2D eigenvalue weighted by molar-refractivity contribution is 5.36. The summed E-state index contributed by atoms with van der Waals surface area (Å²) < 4.78 is 0. The molecule has 1 aromatic carbocycles. The normalized spacial score (nSPS) is 29.4. The molecule has 2 bridgehead atoms. The van der Waals surface area contributed by atoms with Crippen molar-refractivity contribution in [1.29, 1.82) is 5.26 Å². The number of benzene rings is 1. The van der Waals surface area contributed by atoms with Gasteiger partial charge in [0.05, 0.1) is 11.6 Å². The van der Waals surface area contributed by atoms with Crippen molar-refractivity contribution in [3.8, 4) is 6.07 Å². The van der Waals surface area contributed by atoms with Crippen LogP contribution in [0.4, 0.5) is 0 Å². The second-order valence-corrected chi connectivity index (χ2v) is 7.92. The van der Waals surface area contributed by atoms with Crippen LogP contribution in [-0.4, -0.2) is 0 Å². The van der Waals surface area contributed by atoms with Gasteiger partial charge in [-0.2, -0.15) is 5.26 Å². The van der Waals surface area contributed by atoms with Gasteiger partial charge in [-0.1, -0.05) is 51.2 Å². The van der Waals surface area contributed by atoms with Gasteiger partial charge in [0, 0.05) is 0 Å². The number of fused-ring (bicyclic) bond motifs is 3. The summed E-state index contributed by atoms with van der Waals surface area (Å²) in [6, 6.07) is 10.8. The van der Waals surface area contributed by atoms with Crippen molar-refractivity contribution < 1.29 is 0 Å². The van der Waals surface area contributed by atoms with Crippen molar-refractivity contribution in [3.63, 3.8) is 0 Å². The molecular weight excluding hydrogens is 278 g/mol. The van der Waals surface area contributed by atoms with Gasteiger partial charge in [0.15, 0.2) is 0 Å². The van der Waals surface area contributed by atoms with Gasteiger partial charge < -0.3 is 0 Å². The fraction of sp³-hybridized carbons (Fsp3) is 0.682. The molecule has 0 aromatic heterocycles. The SMILES string of the molecule is CCCCCCCC1CC2CCC1(c1ccc(C#N)cc1)CC2. The Morgan fingerprint density at radius 2 is 1.74 bits per heavy atom. The Hall–Kier alpha value is -1.29. The Balaban J connectivity index is 1.71. The highest BCUT2D eigenvalue weighted by Crippen LogP contribution is 2.56. The second-order valence-electron chi connectivity index (χ2n) is 7.92. The Labute approximate surface area is 142 Å². The molecule has 23 heavy (non-hydrogen) atoms. The van der Waals surface area contributed by atoms with Crippen LogP contribution in [0.25, 0.3) is 0 Å². The first-order valence-corrected chi connectivity index (χ1v) is 9.79. The quantitative estimate of drug-likeness (QED) is 0.537. The van der Waals surface area contributed by atoms with Crippen LogP contribution in [0.15, 0.2) is 24.3 Å². The summed E-state index contributed by atoms with van der Waals surface area (Å²) in [5.41, 5.74) is 2.74. The number of unbranched alkanes of at least 4 members (excludes halogenated alkanes) is 4. The number of rotatable bonds is 7. The summed E-state index contributed by atoms with van der Waals surface area (Å²) in [5, 5.41) is 9.06. The summed E-state index contributed by atoms with van der Waals surface area (Å²) in [7, 11) is 0. The first-order chi connectivity index (χ1) is 11.3. The minimum Gasteiger partial charge on any atom is -0.192 e. The van der Waals surface area contributed by atoms with Gasteiger partial charge in [0.1, 0.15) is 0 Å². The van der Waals surface area contributed by atoms with Crippen molar-refractivity contribution in [3.05, 3.63) is 35.4 Å². The molecule has 1 nitrogen and oxygen atoms in total. The Bertz CT molecular complexity index is 528. The number of nitrogens with zero attached hydrogens (tertiary/aromatic N) is 1. The summed E-state index contributed by atoms with van der Waals surface area (Å²) in [5.74, 6) is 1.88. The highest BCUT2D eigenvalue weighted by Gasteiger charge is 2.47. The Morgan fingerprint density at radius 3 is 2.39 bits per heavy atom. The molecule has 3 saturated carbocycles. The van der Waals surface area contributed by atoms with Crippen LogP contribution in [0.3, 0.4) is 0 Å². The lowest BCUT2D eigenvalue weighted by Crippen LogP contribution is -2.45. The molecule has 0 amide bonds. The first-order valence-electron chi connectivity index (χ1n) is 9.79. The predicted octanol–water partition coefficient (Wildman–Crippen LogP) is 6.37. The van der Waals surface area contributed by atoms with E-state index in [0.29, 0.717) is 5.41 Å². The van der Waals surface area contributed by atoms with E-state index in [4.69, 9.17) is 5.26 Å². The number of nitriles is 1. The minimum absolute atomic E-state index is 0.424. The fourth-order valence-corrected chi connectivity index (χ4v) is 5.25. The van der Waals surface area contributed by atoms with Gasteiger partial charge in [0.2, 0.25) is 0 Å². The van der Waals surface area contributed by atoms with Crippen molar-refractivity contribution in [2.24, 2.45) is 11.8 Å². The molecule has 0 N–H and O–H groups in total. The van der Waals surface area contributed by atoms with Gasteiger partial charge >= 0.3 is 0 Å². The summed E-state index contributed by atoms with van der Waals surface area (Å²) >= 11 is 0. The summed E-state index contributed by atoms with van der Waals surface area (Å²) in [4.78, 5) is 0. The van der Waals surface area contributed by atoms with Crippen LogP contribution < -0.4 is 0 Å². The molecular formula is C22H31N. The lowest BCUT2D eigenvalue weighted by atomic mass is 9.52. The average Bonchev–Trinajstić information content (AvgIpc) is 2.62. The van der Waals surface area contributed by atoms with E-state index in [-0.39, 0.29) is 0 Å². The molecule has 3 aliphatic carbocycles. The third-order valence-corrected chi connectivity index (χ3v) is 6.64. The van der Waals surface area contributed by atoms with E-state index in [1.807, 2.05) is 12.1 Å². The molecule has 0 aliphatic heterocycles. The van der Waals surface area contributed by atoms with Crippen molar-refractivity contribution in [1.82, 2.24) is 0 Å². The molecule has 0 saturated heterocycles. The highest BCUT2D eigenvalue weighted by atomic mass is 14.5.